The summed E-state index contributed by atoms with van der Waals surface area (Å²) in [5.74, 6) is 5.86. The molecule has 68 heavy (non-hydrogen) atoms. The summed E-state index contributed by atoms with van der Waals surface area (Å²) in [6.45, 7) is 5.78. The summed E-state index contributed by atoms with van der Waals surface area (Å²) in [7, 11) is 0. The van der Waals surface area contributed by atoms with Crippen LogP contribution in [0.4, 0.5) is 48.6 Å². The van der Waals surface area contributed by atoms with Crippen molar-refractivity contribution in [2.45, 2.75) is 44.8 Å². The highest BCUT2D eigenvalue weighted by atomic mass is 19.1. The van der Waals surface area contributed by atoms with E-state index in [0.29, 0.717) is 0 Å². The molecule has 11 rings (SSSR count). The number of hydrogen-bond donors (Lipinski definition) is 0. The molecule has 1 aromatic heterocycles. The Labute approximate surface area is 397 Å². The van der Waals surface area contributed by atoms with E-state index in [1.165, 1.54) is 30.0 Å². The zero-order chi connectivity index (χ0) is 46.3. The molecular formula is C62H50F2N4. The maximum absolute atomic E-state index is 14.2. The van der Waals surface area contributed by atoms with Crippen LogP contribution in [0.2, 0.25) is 0 Å². The molecule has 1 aliphatic heterocycles. The molecule has 2 aliphatic carbocycles. The van der Waals surface area contributed by atoms with E-state index in [1.807, 2.05) is 18.2 Å². The Kier molecular flexibility index (Phi) is 11.2. The minimum Gasteiger partial charge on any atom is -0.347 e. The van der Waals surface area contributed by atoms with Gasteiger partial charge in [0.1, 0.15) is 11.9 Å². The number of halogens is 2. The van der Waals surface area contributed by atoms with Crippen LogP contribution in [-0.2, 0) is 0 Å². The number of rotatable bonds is 11. The first kappa shape index (κ1) is 42.5. The molecule has 0 fully saturated rings. The van der Waals surface area contributed by atoms with Crippen LogP contribution < -0.4 is 14.7 Å². The molecule has 5 atom stereocenters. The van der Waals surface area contributed by atoms with Crippen LogP contribution in [0, 0.1) is 17.8 Å². The molecule has 332 valence electrons. The molecule has 0 saturated carbocycles. The number of fused-ring (bicyclic) bond motifs is 6. The summed E-state index contributed by atoms with van der Waals surface area (Å²) >= 11 is 0. The van der Waals surface area contributed by atoms with Gasteiger partial charge in [0.15, 0.2) is 0 Å². The fourth-order valence-corrected chi connectivity index (χ4v) is 10.4. The van der Waals surface area contributed by atoms with E-state index in [2.05, 4.69) is 227 Å². The van der Waals surface area contributed by atoms with Crippen LogP contribution in [0.25, 0.3) is 32.9 Å². The molecule has 4 nitrogen and oxygen atoms in total. The van der Waals surface area contributed by atoms with Crippen molar-refractivity contribution < 1.29 is 8.78 Å². The van der Waals surface area contributed by atoms with Gasteiger partial charge >= 0.3 is 0 Å². The maximum atomic E-state index is 14.2. The number of aromatic nitrogens is 1. The van der Waals surface area contributed by atoms with Crippen LogP contribution in [0.1, 0.15) is 38.3 Å². The number of benzene rings is 7. The van der Waals surface area contributed by atoms with Crippen molar-refractivity contribution in [3.05, 3.63) is 236 Å². The number of hydrogen-bond acceptors (Lipinski definition) is 3. The van der Waals surface area contributed by atoms with Gasteiger partial charge in [0.05, 0.1) is 11.9 Å². The molecule has 0 bridgehead atoms. The minimum atomic E-state index is -0.325. The largest absolute Gasteiger partial charge is 0.347 e. The number of para-hydroxylation sites is 3. The first-order valence-corrected chi connectivity index (χ1v) is 23.4. The van der Waals surface area contributed by atoms with Gasteiger partial charge in [-0.25, -0.2) is 8.78 Å². The maximum Gasteiger partial charge on any atom is 0.131 e. The van der Waals surface area contributed by atoms with Crippen molar-refractivity contribution in [2.24, 2.45) is 5.92 Å². The molecule has 4 unspecified atom stereocenters. The fourth-order valence-electron chi connectivity index (χ4n) is 10.4. The van der Waals surface area contributed by atoms with Gasteiger partial charge in [-0.05, 0) is 146 Å². The zero-order valence-corrected chi connectivity index (χ0v) is 38.2. The Morgan fingerprint density at radius 1 is 0.603 bits per heavy atom. The van der Waals surface area contributed by atoms with Crippen LogP contribution >= 0.6 is 0 Å². The SMILES string of the molecule is C/C(F)=C\[C@@H](C)C(C)n1c2ccccc2c2cc(N(c3ccccc3)c3ccc(-c4ccc(N(c5ccccc5)c5ccc6c(c5)C5C=CC=CC5N6C5C#CC=C(F)C=C5)cc4)cc3)ccc21. The molecule has 3 aliphatic rings. The van der Waals surface area contributed by atoms with Crippen molar-refractivity contribution in [1.29, 1.82) is 0 Å². The predicted molar refractivity (Wildman–Crippen MR) is 280 cm³/mol. The highest BCUT2D eigenvalue weighted by Gasteiger charge is 2.39. The number of anilines is 7. The van der Waals surface area contributed by atoms with Gasteiger partial charge in [0.25, 0.3) is 0 Å². The highest BCUT2D eigenvalue weighted by molar-refractivity contribution is 6.09. The smallest absolute Gasteiger partial charge is 0.131 e. The van der Waals surface area contributed by atoms with E-state index in [4.69, 9.17) is 0 Å². The molecule has 0 amide bonds. The summed E-state index contributed by atoms with van der Waals surface area (Å²) in [6.07, 6.45) is 15.1. The van der Waals surface area contributed by atoms with Crippen molar-refractivity contribution in [3.8, 4) is 23.0 Å². The number of nitrogens with zero attached hydrogens (tertiary/aromatic N) is 4. The molecule has 7 aromatic carbocycles. The third kappa shape index (κ3) is 7.80. The van der Waals surface area contributed by atoms with Gasteiger partial charge in [-0.1, -0.05) is 122 Å². The standard InChI is InChI=1S/C62H50F2N4/c1-42(39-43(2)63)44(3)65-59-23-12-10-21-55(59)57-40-53(35-37-61(57)65)66(48-16-6-4-7-17-48)51-30-25-45(26-31-51)46-27-32-52(33-28-46)67(49-18-8-5-9-19-49)54-36-38-62-58(41-54)56-22-11-13-24-60(56)68(62)50-20-14-15-47(64)29-34-50/h4-13,15-19,21-42,44,50,56,60H,1-3H3/b43-39+/t42-,44?,50?,56?,60?/m1/s1. The second-order valence-corrected chi connectivity index (χ2v) is 17.9. The number of allylic oxidation sites excluding steroid dienone is 7. The Morgan fingerprint density at radius 2 is 1.16 bits per heavy atom. The lowest BCUT2D eigenvalue weighted by atomic mass is 9.91. The minimum absolute atomic E-state index is 0.00701. The third-order valence-corrected chi connectivity index (χ3v) is 13.7. The van der Waals surface area contributed by atoms with Crippen LogP contribution in [0.3, 0.4) is 0 Å². The normalized spacial score (nSPS) is 18.1. The van der Waals surface area contributed by atoms with Gasteiger partial charge in [0, 0.05) is 79.7 Å². The Balaban J connectivity index is 0.919. The molecule has 0 saturated heterocycles. The lowest BCUT2D eigenvalue weighted by molar-refractivity contribution is 0.456. The van der Waals surface area contributed by atoms with E-state index in [1.54, 1.807) is 6.08 Å². The molecule has 0 spiro atoms. The second-order valence-electron chi connectivity index (χ2n) is 17.9. The zero-order valence-electron chi connectivity index (χ0n) is 38.2. The lowest BCUT2D eigenvalue weighted by Gasteiger charge is -2.32. The monoisotopic (exact) mass is 888 g/mol. The summed E-state index contributed by atoms with van der Waals surface area (Å²) in [6, 6.07) is 60.4. The van der Waals surface area contributed by atoms with Crippen LogP contribution in [0.15, 0.2) is 230 Å². The topological polar surface area (TPSA) is 14.7 Å². The second kappa shape index (κ2) is 17.9. The summed E-state index contributed by atoms with van der Waals surface area (Å²) in [5.41, 5.74) is 13.2. The van der Waals surface area contributed by atoms with Gasteiger partial charge in [0.2, 0.25) is 0 Å². The lowest BCUT2D eigenvalue weighted by Crippen LogP contribution is -2.39. The van der Waals surface area contributed by atoms with Gasteiger partial charge < -0.3 is 19.3 Å². The van der Waals surface area contributed by atoms with Gasteiger partial charge in [-0.2, -0.15) is 0 Å². The molecular weight excluding hydrogens is 839 g/mol. The van der Waals surface area contributed by atoms with E-state index in [9.17, 15) is 8.78 Å². The predicted octanol–water partition coefficient (Wildman–Crippen LogP) is 16.7. The van der Waals surface area contributed by atoms with E-state index < -0.39 is 0 Å². The average Bonchev–Trinajstić information content (AvgIpc) is 3.78. The Morgan fingerprint density at radius 3 is 1.82 bits per heavy atom. The van der Waals surface area contributed by atoms with Crippen LogP contribution in [-0.4, -0.2) is 16.7 Å². The van der Waals surface area contributed by atoms with Gasteiger partial charge in [-0.15, -0.1) is 0 Å². The molecule has 8 aromatic rings. The van der Waals surface area contributed by atoms with Crippen LogP contribution in [0.5, 0.6) is 0 Å². The quantitative estimate of drug-likeness (QED) is 0.120. The third-order valence-electron chi connectivity index (χ3n) is 13.7. The van der Waals surface area contributed by atoms with Crippen molar-refractivity contribution in [3.63, 3.8) is 0 Å². The van der Waals surface area contributed by atoms with Crippen molar-refractivity contribution >= 4 is 61.6 Å². The first-order chi connectivity index (χ1) is 33.3. The molecule has 6 heteroatoms. The summed E-state index contributed by atoms with van der Waals surface area (Å²) in [4.78, 5) is 6.95. The summed E-state index contributed by atoms with van der Waals surface area (Å²) < 4.78 is 30.7. The molecule has 0 N–H and O–H groups in total. The summed E-state index contributed by atoms with van der Waals surface area (Å²) in [5, 5.41) is 2.33. The van der Waals surface area contributed by atoms with E-state index in [-0.39, 0.29) is 41.6 Å². The van der Waals surface area contributed by atoms with E-state index in [0.717, 1.165) is 67.4 Å². The van der Waals surface area contributed by atoms with Crippen molar-refractivity contribution in [1.82, 2.24) is 4.57 Å². The average molecular weight is 889 g/mol. The molecule has 2 heterocycles. The Hall–Kier alpha value is -8.14. The van der Waals surface area contributed by atoms with E-state index >= 15 is 0 Å². The van der Waals surface area contributed by atoms with Gasteiger partial charge in [-0.3, -0.25) is 0 Å². The highest BCUT2D eigenvalue weighted by Crippen LogP contribution is 2.49. The fraction of sp³-hybridized carbons (Fsp3) is 0.129. The molecule has 0 radical (unpaired) electrons. The van der Waals surface area contributed by atoms with Crippen molar-refractivity contribution in [2.75, 3.05) is 14.7 Å². The first-order valence-electron chi connectivity index (χ1n) is 23.4. The Bertz CT molecular complexity index is 3380.